The molecule has 0 atom stereocenters. The number of carbonyl (C=O) groups excluding carboxylic acids is 1. The molecule has 0 saturated heterocycles. The van der Waals surface area contributed by atoms with Crippen molar-refractivity contribution in [3.05, 3.63) is 72.2 Å². The van der Waals surface area contributed by atoms with E-state index in [1.54, 1.807) is 12.1 Å². The second-order valence-electron chi connectivity index (χ2n) is 7.05. The molecule has 4 aromatic rings. The largest absolute Gasteiger partial charge is 0.464 e. The lowest BCUT2D eigenvalue weighted by Gasteiger charge is -2.10. The normalized spacial score (nSPS) is 12.1. The van der Waals surface area contributed by atoms with E-state index in [1.807, 2.05) is 0 Å². The van der Waals surface area contributed by atoms with Gasteiger partial charge in [-0.2, -0.15) is 18.3 Å². The smallest absolute Gasteiger partial charge is 0.435 e. The molecule has 33 heavy (non-hydrogen) atoms. The summed E-state index contributed by atoms with van der Waals surface area (Å²) >= 11 is 0. The number of aromatic nitrogens is 3. The van der Waals surface area contributed by atoms with Crippen LogP contribution in [-0.4, -0.2) is 35.3 Å². The molecule has 1 amide bonds. The summed E-state index contributed by atoms with van der Waals surface area (Å²) in [6.45, 7) is 0. The van der Waals surface area contributed by atoms with E-state index in [4.69, 9.17) is 10.2 Å². The fourth-order valence-corrected chi connectivity index (χ4v) is 3.73. The summed E-state index contributed by atoms with van der Waals surface area (Å²) in [5, 5.41) is 3.61. The molecule has 0 aliphatic heterocycles. The lowest BCUT2D eigenvalue weighted by atomic mass is 9.99. The third-order valence-corrected chi connectivity index (χ3v) is 5.83. The first-order chi connectivity index (χ1) is 15.4. The van der Waals surface area contributed by atoms with E-state index < -0.39 is 27.6 Å². The minimum absolute atomic E-state index is 0.0316. The zero-order valence-electron chi connectivity index (χ0n) is 16.9. The van der Waals surface area contributed by atoms with Gasteiger partial charge in [0.1, 0.15) is 5.76 Å². The Morgan fingerprint density at radius 1 is 1.12 bits per heavy atom. The molecule has 12 heteroatoms. The number of furan rings is 1. The first-order valence-electron chi connectivity index (χ1n) is 9.27. The van der Waals surface area contributed by atoms with E-state index in [-0.39, 0.29) is 27.5 Å². The van der Waals surface area contributed by atoms with Gasteiger partial charge in [0, 0.05) is 23.6 Å². The summed E-state index contributed by atoms with van der Waals surface area (Å²) in [4.78, 5) is 15.9. The molecule has 0 bridgehead atoms. The predicted octanol–water partition coefficient (Wildman–Crippen LogP) is 3.72. The van der Waals surface area contributed by atoms with Crippen molar-refractivity contribution >= 4 is 15.7 Å². The summed E-state index contributed by atoms with van der Waals surface area (Å²) in [5.41, 5.74) is 4.88. The van der Waals surface area contributed by atoms with Gasteiger partial charge >= 0.3 is 6.18 Å². The van der Waals surface area contributed by atoms with Gasteiger partial charge in [-0.15, -0.1) is 0 Å². The zero-order chi connectivity index (χ0) is 24.0. The second-order valence-corrected chi connectivity index (χ2v) is 9.07. The highest BCUT2D eigenvalue weighted by Crippen LogP contribution is 2.35. The number of primary amides is 1. The van der Waals surface area contributed by atoms with E-state index in [1.165, 1.54) is 36.6 Å². The van der Waals surface area contributed by atoms with Crippen LogP contribution in [0, 0.1) is 0 Å². The number of pyridine rings is 1. The Morgan fingerprint density at radius 2 is 1.88 bits per heavy atom. The highest BCUT2D eigenvalue weighted by atomic mass is 32.2. The van der Waals surface area contributed by atoms with Gasteiger partial charge in [0.05, 0.1) is 22.4 Å². The van der Waals surface area contributed by atoms with Gasteiger partial charge in [0.25, 0.3) is 0 Å². The number of benzene rings is 1. The van der Waals surface area contributed by atoms with E-state index in [0.29, 0.717) is 11.3 Å². The number of hydrogen-bond donors (Lipinski definition) is 1. The number of alkyl halides is 3. The number of sulfone groups is 1. The summed E-state index contributed by atoms with van der Waals surface area (Å²) in [6, 6.07) is 10.8. The summed E-state index contributed by atoms with van der Waals surface area (Å²) in [6.07, 6.45) is -1.34. The average molecular weight is 476 g/mol. The van der Waals surface area contributed by atoms with Crippen molar-refractivity contribution in [2.75, 3.05) is 6.26 Å². The Kier molecular flexibility index (Phi) is 5.32. The molecule has 4 rings (SSSR count). The van der Waals surface area contributed by atoms with Crippen molar-refractivity contribution in [3.8, 4) is 28.4 Å². The average Bonchev–Trinajstić information content (AvgIpc) is 3.43. The van der Waals surface area contributed by atoms with Crippen molar-refractivity contribution in [1.82, 2.24) is 14.8 Å². The minimum atomic E-state index is -4.76. The highest BCUT2D eigenvalue weighted by molar-refractivity contribution is 7.90. The van der Waals surface area contributed by atoms with Crippen molar-refractivity contribution in [1.29, 1.82) is 0 Å². The maximum Gasteiger partial charge on any atom is 0.435 e. The molecular formula is C21H15F3N4O4S. The van der Waals surface area contributed by atoms with Gasteiger partial charge < -0.3 is 10.2 Å². The van der Waals surface area contributed by atoms with Crippen molar-refractivity contribution < 1.29 is 30.8 Å². The maximum atomic E-state index is 13.4. The zero-order valence-corrected chi connectivity index (χ0v) is 17.7. The summed E-state index contributed by atoms with van der Waals surface area (Å²) < 4.78 is 69.9. The number of rotatable bonds is 5. The standard InChI is InChI=1S/C21H15F3N4O4S/c1-33(30,31)13-5-7-19(26-11-13)28-16(10-18(27-28)21(22,23)24)12-4-6-14(15(9-12)20(25)29)17-3-2-8-32-17/h2-11H,1H3,(H2,25,29). The van der Waals surface area contributed by atoms with Gasteiger partial charge in [-0.3, -0.25) is 4.79 Å². The number of hydrogen-bond acceptors (Lipinski definition) is 6. The van der Waals surface area contributed by atoms with Gasteiger partial charge in [0.2, 0.25) is 5.91 Å². The van der Waals surface area contributed by atoms with Crippen LogP contribution in [0.25, 0.3) is 28.4 Å². The van der Waals surface area contributed by atoms with E-state index in [0.717, 1.165) is 23.2 Å². The number of carbonyl (C=O) groups is 1. The molecule has 0 aliphatic rings. The minimum Gasteiger partial charge on any atom is -0.464 e. The number of amides is 1. The Labute approximate surface area is 185 Å². The summed E-state index contributed by atoms with van der Waals surface area (Å²) in [5.74, 6) is -0.498. The molecule has 0 unspecified atom stereocenters. The summed E-state index contributed by atoms with van der Waals surface area (Å²) in [7, 11) is -3.56. The van der Waals surface area contributed by atoms with Crippen LogP contribution in [0.15, 0.2) is 70.3 Å². The SMILES string of the molecule is CS(=O)(=O)c1ccc(-n2nc(C(F)(F)F)cc2-c2ccc(-c3ccco3)c(C(N)=O)c2)nc1. The maximum absolute atomic E-state index is 13.4. The molecule has 0 fully saturated rings. The molecule has 0 spiro atoms. The Balaban J connectivity index is 1.90. The predicted molar refractivity (Wildman–Crippen MR) is 111 cm³/mol. The Hall–Kier alpha value is -3.93. The lowest BCUT2D eigenvalue weighted by molar-refractivity contribution is -0.141. The van der Waals surface area contributed by atoms with Crippen LogP contribution in [0.1, 0.15) is 16.1 Å². The molecule has 3 aromatic heterocycles. The molecule has 170 valence electrons. The van der Waals surface area contributed by atoms with Crippen LogP contribution in [0.5, 0.6) is 0 Å². The third-order valence-electron chi connectivity index (χ3n) is 4.73. The topological polar surface area (TPSA) is 121 Å². The monoisotopic (exact) mass is 476 g/mol. The molecule has 0 aliphatic carbocycles. The molecule has 0 saturated carbocycles. The number of nitrogens with two attached hydrogens (primary N) is 1. The van der Waals surface area contributed by atoms with Crippen molar-refractivity contribution in [2.24, 2.45) is 5.73 Å². The first kappa shape index (κ1) is 22.3. The Bertz CT molecular complexity index is 1440. The fourth-order valence-electron chi connectivity index (χ4n) is 3.17. The molecule has 1 aromatic carbocycles. The molecular weight excluding hydrogens is 461 g/mol. The molecule has 8 nitrogen and oxygen atoms in total. The quantitative estimate of drug-likeness (QED) is 0.469. The third kappa shape index (κ3) is 4.37. The molecule has 0 radical (unpaired) electrons. The van der Waals surface area contributed by atoms with Crippen LogP contribution in [0.3, 0.4) is 0 Å². The van der Waals surface area contributed by atoms with E-state index >= 15 is 0 Å². The van der Waals surface area contributed by atoms with Crippen LogP contribution in [0.4, 0.5) is 13.2 Å². The molecule has 3 heterocycles. The molecule has 2 N–H and O–H groups in total. The van der Waals surface area contributed by atoms with Crippen molar-refractivity contribution in [2.45, 2.75) is 11.1 Å². The first-order valence-corrected chi connectivity index (χ1v) is 11.2. The highest BCUT2D eigenvalue weighted by Gasteiger charge is 2.35. The van der Waals surface area contributed by atoms with E-state index in [9.17, 15) is 26.4 Å². The van der Waals surface area contributed by atoms with Gasteiger partial charge in [-0.05, 0) is 42.5 Å². The lowest BCUT2D eigenvalue weighted by Crippen LogP contribution is -2.13. The van der Waals surface area contributed by atoms with Gasteiger partial charge in [0.15, 0.2) is 21.3 Å². The fraction of sp³-hybridized carbons (Fsp3) is 0.0952. The Morgan fingerprint density at radius 3 is 2.42 bits per heavy atom. The van der Waals surface area contributed by atoms with Crippen LogP contribution in [0.2, 0.25) is 0 Å². The van der Waals surface area contributed by atoms with Crippen LogP contribution in [-0.2, 0) is 16.0 Å². The van der Waals surface area contributed by atoms with E-state index in [2.05, 4.69) is 10.1 Å². The van der Waals surface area contributed by atoms with Crippen LogP contribution >= 0.6 is 0 Å². The number of halogens is 3. The van der Waals surface area contributed by atoms with Gasteiger partial charge in [-0.25, -0.2) is 18.1 Å². The number of nitrogens with zero attached hydrogens (tertiary/aromatic N) is 3. The second kappa shape index (κ2) is 7.89. The van der Waals surface area contributed by atoms with Gasteiger partial charge in [-0.1, -0.05) is 6.07 Å². The van der Waals surface area contributed by atoms with Crippen LogP contribution < -0.4 is 5.73 Å². The van der Waals surface area contributed by atoms with Crippen molar-refractivity contribution in [3.63, 3.8) is 0 Å².